The summed E-state index contributed by atoms with van der Waals surface area (Å²) < 4.78 is 124. The van der Waals surface area contributed by atoms with E-state index in [9.17, 15) is 178 Å². The molecule has 11 saturated heterocycles. The zero-order valence-corrected chi connectivity index (χ0v) is 71.6. The van der Waals surface area contributed by atoms with Crippen molar-refractivity contribution >= 4 is 11.9 Å². The molecule has 11 aliphatic heterocycles. The Morgan fingerprint density at radius 3 is 1.10 bits per heavy atom. The molecule has 0 aromatic heterocycles. The van der Waals surface area contributed by atoms with Crippen LogP contribution in [0.5, 0.6) is 0 Å². The summed E-state index contributed by atoms with van der Waals surface area (Å²) in [6.07, 6.45) is -97.8. The second-order valence-electron chi connectivity index (χ2n) is 35.1. The zero-order valence-electron chi connectivity index (χ0n) is 71.6. The molecular formula is C75H128N2O56. The van der Waals surface area contributed by atoms with E-state index in [1.807, 2.05) is 0 Å². The van der Waals surface area contributed by atoms with Crippen LogP contribution in [-0.2, 0) is 109 Å². The van der Waals surface area contributed by atoms with E-state index < -0.39 is 439 Å². The van der Waals surface area contributed by atoms with Gasteiger partial charge in [0, 0.05) is 36.5 Å². The van der Waals surface area contributed by atoms with Gasteiger partial charge in [-0.3, -0.25) is 0 Å². The second kappa shape index (κ2) is 46.0. The van der Waals surface area contributed by atoms with Crippen LogP contribution in [0.25, 0.3) is 0 Å². The highest BCUT2D eigenvalue weighted by Crippen LogP contribution is 2.45. The van der Waals surface area contributed by atoms with Gasteiger partial charge in [0.1, 0.15) is 195 Å². The van der Waals surface area contributed by atoms with Gasteiger partial charge in [-0.25, -0.2) is 9.59 Å². The van der Waals surface area contributed by atoms with Gasteiger partial charge in [0.2, 0.25) is 5.79 Å². The molecule has 0 amide bonds. The lowest BCUT2D eigenvalue weighted by molar-refractivity contribution is -0.408. The predicted octanol–water partition coefficient (Wildman–Crippen LogP) is -21.6. The molecule has 11 heterocycles. The molecule has 133 heavy (non-hydrogen) atoms. The lowest BCUT2D eigenvalue weighted by Crippen LogP contribution is -2.73. The normalized spacial score (nSPS) is 51.6. The fourth-order valence-corrected chi connectivity index (χ4v) is 17.6. The van der Waals surface area contributed by atoms with E-state index in [1.54, 1.807) is 0 Å². The first-order valence-electron chi connectivity index (χ1n) is 42.9. The number of nitrogens with two attached hydrogens (primary N) is 2. The molecule has 0 aromatic rings. The summed E-state index contributed by atoms with van der Waals surface area (Å²) >= 11 is 0. The van der Waals surface area contributed by atoms with E-state index in [4.69, 9.17) is 111 Å². The highest BCUT2D eigenvalue weighted by Gasteiger charge is 2.65. The average Bonchev–Trinajstić information content (AvgIpc) is 0.744. The molecule has 58 heteroatoms. The second-order valence-corrected chi connectivity index (χ2v) is 35.1. The number of aliphatic hydroxyl groups is 31. The van der Waals surface area contributed by atoms with Gasteiger partial charge < -0.3 is 279 Å². The molecule has 0 aliphatic carbocycles. The maximum absolute atomic E-state index is 12.8. The maximum Gasteiger partial charge on any atom is 0.364 e. The fraction of sp³-hybridized carbons (Fsp3) is 0.973. The van der Waals surface area contributed by atoms with E-state index in [1.165, 1.54) is 27.7 Å². The van der Waals surface area contributed by atoms with Crippen molar-refractivity contribution in [2.45, 2.75) is 359 Å². The number of carbonyl (C=O) groups is 2. The first-order valence-corrected chi connectivity index (χ1v) is 42.9. The Hall–Kier alpha value is -3.22. The Balaban J connectivity index is 0.831. The molecule has 0 aromatic carbocycles. The van der Waals surface area contributed by atoms with Crippen molar-refractivity contribution < 1.29 is 278 Å². The summed E-state index contributed by atoms with van der Waals surface area (Å²) in [4.78, 5) is 25.6. The predicted molar refractivity (Wildman–Crippen MR) is 408 cm³/mol. The van der Waals surface area contributed by atoms with Crippen LogP contribution in [-0.4, -0.2) is 571 Å². The van der Waals surface area contributed by atoms with Crippen molar-refractivity contribution in [3.63, 3.8) is 0 Å². The van der Waals surface area contributed by atoms with E-state index in [0.29, 0.717) is 0 Å². The quantitative estimate of drug-likeness (QED) is 0.0277. The first kappa shape index (κ1) is 110. The first-order chi connectivity index (χ1) is 62.6. The van der Waals surface area contributed by atoms with Crippen LogP contribution >= 0.6 is 0 Å². The molecule has 0 saturated carbocycles. The molecule has 774 valence electrons. The Labute approximate surface area is 753 Å². The monoisotopic (exact) mass is 1950 g/mol. The number of hydrogen-bond donors (Lipinski definition) is 35. The lowest BCUT2D eigenvalue weighted by atomic mass is 9.88. The summed E-state index contributed by atoms with van der Waals surface area (Å²) in [6, 6.07) is -3.55. The van der Waals surface area contributed by atoms with Gasteiger partial charge >= 0.3 is 11.9 Å². The van der Waals surface area contributed by atoms with E-state index in [0.717, 1.165) is 0 Å². The molecule has 11 fully saturated rings. The SMILES string of the molecule is CC1C(O)[C@H](O[C@@H]2OC(CO[C@]3(C(=O)O)C[C@@H](O)[C@@H](N)C([C@H](O)C(O)CO)O3)[C@H](O)C(O)[C@@H]2O)[C@H](CO)O[C@H]1O[C@@H]1C(O)[C@H](O)C(CO)O[C@@H]1OCC1O[C@@H](O[C@@H]2C(CO)O[C@@H](O[C@@H]3C(CO)O[C@@H](O)[C@@H](C)C3O)[C@@H](C)C2O)[C@H](O)C(O[C@H]2O[C@H](CO)[C@@H](O)C(O)C2O[C@@H]2OC(CO)[C@@H](O[C@@H]3OC(CO[C@]4(C(=O)O)C[C@@H](O)[C@@H](N)[C@@](O)(C(O)CO)O4)[C@H](O)C(O)[C@@H]3O)C(O)[C@@H]2C)[C@@H]1O. The van der Waals surface area contributed by atoms with Crippen molar-refractivity contribution in [2.75, 3.05) is 72.7 Å². The third-order valence-corrected chi connectivity index (χ3v) is 26.3. The number of carboxylic acids is 2. The smallest absolute Gasteiger partial charge is 0.364 e. The number of carboxylic acid groups (broad SMARTS) is 2. The lowest BCUT2D eigenvalue weighted by Gasteiger charge is -2.51. The summed E-state index contributed by atoms with van der Waals surface area (Å²) in [5.41, 5.74) is 11.8. The van der Waals surface area contributed by atoms with Crippen LogP contribution < -0.4 is 11.5 Å². The van der Waals surface area contributed by atoms with Gasteiger partial charge in [-0.1, -0.05) is 27.7 Å². The van der Waals surface area contributed by atoms with Gasteiger partial charge in [-0.2, -0.15) is 0 Å². The fourth-order valence-electron chi connectivity index (χ4n) is 17.6. The van der Waals surface area contributed by atoms with Crippen molar-refractivity contribution in [3.05, 3.63) is 0 Å². The maximum atomic E-state index is 12.8. The van der Waals surface area contributed by atoms with Crippen LogP contribution in [0.2, 0.25) is 0 Å². The molecule has 0 spiro atoms. The Bertz CT molecular complexity index is 3610. The van der Waals surface area contributed by atoms with Crippen molar-refractivity contribution in [2.24, 2.45) is 35.1 Å². The zero-order chi connectivity index (χ0) is 98.3. The third kappa shape index (κ3) is 22.6. The largest absolute Gasteiger partial charge is 0.477 e. The van der Waals surface area contributed by atoms with Gasteiger partial charge in [0.05, 0.1) is 121 Å². The number of ether oxygens (including phenoxy) is 21. The summed E-state index contributed by atoms with van der Waals surface area (Å²) in [5.74, 6) is -18.8. The van der Waals surface area contributed by atoms with Crippen LogP contribution in [0.15, 0.2) is 0 Å². The van der Waals surface area contributed by atoms with Gasteiger partial charge in [-0.05, 0) is 0 Å². The van der Waals surface area contributed by atoms with Crippen molar-refractivity contribution in [1.82, 2.24) is 0 Å². The minimum absolute atomic E-state index is 0.826. The van der Waals surface area contributed by atoms with Crippen molar-refractivity contribution in [3.8, 4) is 0 Å². The average molecular weight is 1950 g/mol. The molecule has 0 bridgehead atoms. The van der Waals surface area contributed by atoms with E-state index in [2.05, 4.69) is 0 Å². The van der Waals surface area contributed by atoms with Gasteiger partial charge in [0.25, 0.3) is 11.6 Å². The number of hydrogen-bond acceptors (Lipinski definition) is 56. The minimum atomic E-state index is -3.21. The summed E-state index contributed by atoms with van der Waals surface area (Å²) in [6.45, 7) is -7.20. The topological polar surface area (TPSA) is 948 Å². The standard InChI is InChI=1S/C75H128N2O56/c1-18-36(90)53(27(10-81)116-62(18)107)125-63-19(2)37(91)56(30(13-84)119-63)128-68-52(106)58(129-70-60(49(103)42(96)26(9-80)118-70)131-65-21(4)39(93)55(29(12-83)121-65)127-67-51(105)47(101)44(98)33(124-67)17-115-74(72(110)111)6-23(87)61(77)75(112,133-74)34(89)14-85)45(99)31(122-68)15-113-69-59(48(102)41(95)25(8-79)117-69)130-64-20(3)38(92)54(28(11-82)120-64)126-66-50(104)46(100)43(97)32(123-66)16-114-73(71(108)109)5-22(86)35(76)57(132-73)40(94)24(88)7-78/h18-70,78-107,112H,5-17,76-77H2,1-4H3,(H,108,109)(H,110,111)/t18-,19-,20?,21-,22+,23+,24?,25?,26+,27?,28-,29?,30?,31?,32?,33?,34?,35+,36?,37?,38?,39?,40+,41+,42+,43-,44-,45+,46?,47?,48?,49?,50-,51-,52+,53+,54+,55+,56+,57?,58?,59+,60?,61+,62+,63-,64-,65-,66-,67-,68-,69-,70+,73+,74+,75+/m0/s1. The molecule has 58 nitrogen and oxygen atoms in total. The highest BCUT2D eigenvalue weighted by atomic mass is 16.8. The molecule has 11 rings (SSSR count). The van der Waals surface area contributed by atoms with E-state index in [-0.39, 0.29) is 0 Å². The molecule has 21 unspecified atom stereocenters. The van der Waals surface area contributed by atoms with E-state index >= 15 is 0 Å². The molecule has 56 atom stereocenters. The van der Waals surface area contributed by atoms with Gasteiger partial charge in [-0.15, -0.1) is 0 Å². The Kier molecular flexibility index (Phi) is 38.1. The summed E-state index contributed by atoms with van der Waals surface area (Å²) in [5, 5.41) is 365. The minimum Gasteiger partial charge on any atom is -0.477 e. The van der Waals surface area contributed by atoms with Gasteiger partial charge in [0.15, 0.2) is 56.6 Å². The van der Waals surface area contributed by atoms with Crippen molar-refractivity contribution in [1.29, 1.82) is 0 Å². The van der Waals surface area contributed by atoms with Crippen LogP contribution in [0.3, 0.4) is 0 Å². The molecule has 0 radical (unpaired) electrons. The Morgan fingerprint density at radius 2 is 0.684 bits per heavy atom. The van der Waals surface area contributed by atoms with Crippen LogP contribution in [0.4, 0.5) is 0 Å². The molecule has 37 N–H and O–H groups in total. The van der Waals surface area contributed by atoms with Crippen LogP contribution in [0, 0.1) is 23.7 Å². The van der Waals surface area contributed by atoms with Crippen LogP contribution in [0.1, 0.15) is 40.5 Å². The highest BCUT2D eigenvalue weighted by molar-refractivity contribution is 5.76. The number of aliphatic carboxylic acids is 2. The Morgan fingerprint density at radius 1 is 0.346 bits per heavy atom. The summed E-state index contributed by atoms with van der Waals surface area (Å²) in [7, 11) is 0. The molecular weight excluding hydrogens is 1820 g/mol. The number of rotatable bonds is 36. The number of aliphatic hydroxyl groups excluding tert-OH is 30. The third-order valence-electron chi connectivity index (χ3n) is 26.3. The molecule has 11 aliphatic rings.